The van der Waals surface area contributed by atoms with Gasteiger partial charge in [0.2, 0.25) is 0 Å². The summed E-state index contributed by atoms with van der Waals surface area (Å²) in [7, 11) is 0. The van der Waals surface area contributed by atoms with Gasteiger partial charge in [-0.25, -0.2) is 4.79 Å². The quantitative estimate of drug-likeness (QED) is 0.389. The van der Waals surface area contributed by atoms with Crippen LogP contribution in [0.25, 0.3) is 0 Å². The van der Waals surface area contributed by atoms with Crippen LogP contribution in [0.5, 0.6) is 5.75 Å². The van der Waals surface area contributed by atoms with Crippen molar-refractivity contribution in [2.45, 2.75) is 24.9 Å². The zero-order valence-corrected chi connectivity index (χ0v) is 17.9. The van der Waals surface area contributed by atoms with Crippen LogP contribution in [0.2, 0.25) is 5.02 Å². The number of nitrogens with zero attached hydrogens (tertiary/aromatic N) is 1. The number of alkyl halides is 1. The van der Waals surface area contributed by atoms with Gasteiger partial charge in [-0.05, 0) is 53.4 Å². The average molecular weight is 441 g/mol. The molecule has 1 aliphatic heterocycles. The van der Waals surface area contributed by atoms with Gasteiger partial charge in [-0.15, -0.1) is 0 Å². The standard InChI is InChI=1S/C24H22Cl2N2O2/c25-20-8-6-17(7-9-20)14-23(26)27-24(29)30-21-10-11-22-19(15-21)12-13-28(22)16-18-4-2-1-3-5-18/h1-11,15,23H,12-14,16H2,(H,27,29). The van der Waals surface area contributed by atoms with Crippen LogP contribution in [0.15, 0.2) is 72.8 Å². The first-order chi connectivity index (χ1) is 14.6. The van der Waals surface area contributed by atoms with E-state index in [-0.39, 0.29) is 0 Å². The number of nitrogens with one attached hydrogen (secondary N) is 1. The lowest BCUT2D eigenvalue weighted by atomic mass is 10.1. The molecule has 154 valence electrons. The van der Waals surface area contributed by atoms with Crippen LogP contribution >= 0.6 is 23.2 Å². The number of benzene rings is 3. The van der Waals surface area contributed by atoms with Crippen molar-refractivity contribution in [1.82, 2.24) is 5.32 Å². The van der Waals surface area contributed by atoms with Gasteiger partial charge in [0.15, 0.2) is 0 Å². The molecule has 0 fully saturated rings. The minimum absolute atomic E-state index is 0.479. The predicted octanol–water partition coefficient (Wildman–Crippen LogP) is 5.80. The van der Waals surface area contributed by atoms with Crippen molar-refractivity contribution in [1.29, 1.82) is 0 Å². The molecule has 0 spiro atoms. The van der Waals surface area contributed by atoms with Crippen molar-refractivity contribution in [2.24, 2.45) is 0 Å². The van der Waals surface area contributed by atoms with E-state index in [0.717, 1.165) is 25.1 Å². The molecule has 1 unspecified atom stereocenters. The number of halogens is 2. The molecule has 1 heterocycles. The highest BCUT2D eigenvalue weighted by molar-refractivity contribution is 6.30. The lowest BCUT2D eigenvalue weighted by Gasteiger charge is -2.19. The van der Waals surface area contributed by atoms with E-state index in [1.807, 2.05) is 36.4 Å². The molecule has 4 nitrogen and oxygen atoms in total. The maximum atomic E-state index is 12.2. The summed E-state index contributed by atoms with van der Waals surface area (Å²) in [6.45, 7) is 1.82. The molecule has 0 radical (unpaired) electrons. The van der Waals surface area contributed by atoms with Crippen LogP contribution < -0.4 is 15.0 Å². The number of carbonyl (C=O) groups is 1. The molecule has 1 aliphatic rings. The van der Waals surface area contributed by atoms with Gasteiger partial charge >= 0.3 is 6.09 Å². The Morgan fingerprint density at radius 2 is 1.80 bits per heavy atom. The molecule has 1 atom stereocenters. The van der Waals surface area contributed by atoms with Gasteiger partial charge in [-0.3, -0.25) is 0 Å². The molecule has 0 bridgehead atoms. The average Bonchev–Trinajstić information content (AvgIpc) is 3.12. The van der Waals surface area contributed by atoms with E-state index in [9.17, 15) is 4.79 Å². The molecular weight excluding hydrogens is 419 g/mol. The summed E-state index contributed by atoms with van der Waals surface area (Å²) in [5.74, 6) is 0.517. The maximum Gasteiger partial charge on any atom is 0.413 e. The third-order valence-corrected chi connectivity index (χ3v) is 5.59. The Balaban J connectivity index is 1.33. The molecule has 3 aromatic carbocycles. The summed E-state index contributed by atoms with van der Waals surface area (Å²) < 4.78 is 5.45. The summed E-state index contributed by atoms with van der Waals surface area (Å²) in [6, 6.07) is 23.5. The topological polar surface area (TPSA) is 41.6 Å². The Bertz CT molecular complexity index is 1010. The number of rotatable bonds is 6. The molecule has 4 rings (SSSR count). The molecule has 3 aromatic rings. The third kappa shape index (κ3) is 5.26. The summed E-state index contributed by atoms with van der Waals surface area (Å²) in [4.78, 5) is 14.6. The van der Waals surface area contributed by atoms with Crippen molar-refractivity contribution in [3.63, 3.8) is 0 Å². The van der Waals surface area contributed by atoms with E-state index >= 15 is 0 Å². The fourth-order valence-electron chi connectivity index (χ4n) is 3.62. The number of hydrogen-bond donors (Lipinski definition) is 1. The van der Waals surface area contributed by atoms with E-state index in [1.165, 1.54) is 16.8 Å². The minimum atomic E-state index is -0.575. The van der Waals surface area contributed by atoms with E-state index in [1.54, 1.807) is 12.1 Å². The minimum Gasteiger partial charge on any atom is -0.410 e. The predicted molar refractivity (Wildman–Crippen MR) is 122 cm³/mol. The second-order valence-corrected chi connectivity index (χ2v) is 8.24. The van der Waals surface area contributed by atoms with Crippen molar-refractivity contribution in [3.05, 3.63) is 94.5 Å². The van der Waals surface area contributed by atoms with Crippen LogP contribution in [-0.2, 0) is 19.4 Å². The molecule has 1 N–H and O–H groups in total. The number of carbonyl (C=O) groups excluding carboxylic acids is 1. The van der Waals surface area contributed by atoms with Gasteiger partial charge in [-0.2, -0.15) is 0 Å². The van der Waals surface area contributed by atoms with Crippen molar-refractivity contribution < 1.29 is 9.53 Å². The van der Waals surface area contributed by atoms with Crippen LogP contribution in [0, 0.1) is 0 Å². The molecule has 0 aromatic heterocycles. The lowest BCUT2D eigenvalue weighted by molar-refractivity contribution is 0.199. The lowest BCUT2D eigenvalue weighted by Crippen LogP contribution is -2.34. The Morgan fingerprint density at radius 3 is 2.57 bits per heavy atom. The smallest absolute Gasteiger partial charge is 0.410 e. The van der Waals surface area contributed by atoms with Crippen molar-refractivity contribution in [2.75, 3.05) is 11.4 Å². The highest BCUT2D eigenvalue weighted by Gasteiger charge is 2.20. The van der Waals surface area contributed by atoms with Crippen LogP contribution in [-0.4, -0.2) is 18.1 Å². The van der Waals surface area contributed by atoms with E-state index in [2.05, 4.69) is 34.5 Å². The summed E-state index contributed by atoms with van der Waals surface area (Å²) >= 11 is 12.1. The van der Waals surface area contributed by atoms with Crippen LogP contribution in [0.3, 0.4) is 0 Å². The second-order valence-electron chi connectivity index (χ2n) is 7.28. The fourth-order valence-corrected chi connectivity index (χ4v) is 4.01. The molecule has 30 heavy (non-hydrogen) atoms. The van der Waals surface area contributed by atoms with E-state index < -0.39 is 11.6 Å². The van der Waals surface area contributed by atoms with Crippen LogP contribution in [0.4, 0.5) is 10.5 Å². The van der Waals surface area contributed by atoms with Crippen molar-refractivity contribution in [3.8, 4) is 5.75 Å². The molecule has 0 aliphatic carbocycles. The number of anilines is 1. The first kappa shape index (κ1) is 20.6. The first-order valence-corrected chi connectivity index (χ1v) is 10.7. The Labute approximate surface area is 186 Å². The highest BCUT2D eigenvalue weighted by atomic mass is 35.5. The van der Waals surface area contributed by atoms with Gasteiger partial charge in [0.25, 0.3) is 0 Å². The Kier molecular flexibility index (Phi) is 6.46. The van der Waals surface area contributed by atoms with Gasteiger partial charge in [-0.1, -0.05) is 65.7 Å². The summed E-state index contributed by atoms with van der Waals surface area (Å²) in [5, 5.41) is 3.32. The summed E-state index contributed by atoms with van der Waals surface area (Å²) in [6.07, 6.45) is 0.838. The second kappa shape index (κ2) is 9.41. The molecule has 0 saturated carbocycles. The molecular formula is C24H22Cl2N2O2. The van der Waals surface area contributed by atoms with Crippen molar-refractivity contribution >= 4 is 35.0 Å². The highest BCUT2D eigenvalue weighted by Crippen LogP contribution is 2.32. The zero-order valence-electron chi connectivity index (χ0n) is 16.4. The summed E-state index contributed by atoms with van der Waals surface area (Å²) in [5.41, 5.74) is 4.05. The van der Waals surface area contributed by atoms with Gasteiger partial charge in [0, 0.05) is 30.2 Å². The van der Waals surface area contributed by atoms with Gasteiger partial charge in [0.05, 0.1) is 0 Å². The van der Waals surface area contributed by atoms with E-state index in [4.69, 9.17) is 27.9 Å². The van der Waals surface area contributed by atoms with E-state index in [0.29, 0.717) is 17.2 Å². The largest absolute Gasteiger partial charge is 0.413 e. The van der Waals surface area contributed by atoms with Gasteiger partial charge < -0.3 is 15.0 Å². The Hall–Kier alpha value is -2.69. The number of amides is 1. The molecule has 1 amide bonds. The first-order valence-electron chi connectivity index (χ1n) is 9.85. The normalized spacial score (nSPS) is 13.6. The monoisotopic (exact) mass is 440 g/mol. The Morgan fingerprint density at radius 1 is 1.03 bits per heavy atom. The molecule has 6 heteroatoms. The number of hydrogen-bond acceptors (Lipinski definition) is 3. The number of ether oxygens (including phenoxy) is 1. The van der Waals surface area contributed by atoms with Gasteiger partial charge in [0.1, 0.15) is 11.3 Å². The third-order valence-electron chi connectivity index (χ3n) is 5.07. The van der Waals surface area contributed by atoms with Crippen LogP contribution in [0.1, 0.15) is 16.7 Å². The fraction of sp³-hybridized carbons (Fsp3) is 0.208. The number of fused-ring (bicyclic) bond motifs is 1. The SMILES string of the molecule is O=C(NC(Cl)Cc1ccc(Cl)cc1)Oc1ccc2c(c1)CCN2Cc1ccccc1. The molecule has 0 saturated heterocycles. The maximum absolute atomic E-state index is 12.2. The zero-order chi connectivity index (χ0) is 20.9.